The van der Waals surface area contributed by atoms with Crippen LogP contribution in [0.3, 0.4) is 0 Å². The Labute approximate surface area is 101 Å². The number of nitrogens with two attached hydrogens (primary N) is 1. The van der Waals surface area contributed by atoms with E-state index in [0.717, 1.165) is 0 Å². The van der Waals surface area contributed by atoms with Crippen LogP contribution in [0.25, 0.3) is 16.7 Å². The van der Waals surface area contributed by atoms with Gasteiger partial charge in [0.05, 0.1) is 13.3 Å². The number of methoxy groups -OCH3 is 1. The van der Waals surface area contributed by atoms with Crippen LogP contribution in [0, 0.1) is 0 Å². The van der Waals surface area contributed by atoms with E-state index in [0.29, 0.717) is 22.5 Å². The van der Waals surface area contributed by atoms with Gasteiger partial charge in [0.15, 0.2) is 11.3 Å². The van der Waals surface area contributed by atoms with E-state index in [-0.39, 0.29) is 5.69 Å². The molecule has 0 amide bonds. The van der Waals surface area contributed by atoms with E-state index in [2.05, 4.69) is 19.7 Å². The Morgan fingerprint density at radius 3 is 3.00 bits per heavy atom. The molecule has 0 saturated carbocycles. The second-order valence-electron chi connectivity index (χ2n) is 3.68. The van der Waals surface area contributed by atoms with Gasteiger partial charge in [-0.1, -0.05) is 0 Å². The number of anilines is 1. The van der Waals surface area contributed by atoms with Crippen molar-refractivity contribution in [3.8, 4) is 0 Å². The predicted molar refractivity (Wildman–Crippen MR) is 64.0 cm³/mol. The summed E-state index contributed by atoms with van der Waals surface area (Å²) in [5.41, 5.74) is 7.77. The van der Waals surface area contributed by atoms with Gasteiger partial charge in [-0.15, -0.1) is 0 Å². The number of carbonyl (C=O) groups excluding carboxylic acids is 1. The molecule has 3 rings (SSSR count). The monoisotopic (exact) mass is 243 g/mol. The quantitative estimate of drug-likeness (QED) is 0.630. The SMILES string of the molecule is COC(=O)c1ccc2nc(N)c3cncn3c2n1. The van der Waals surface area contributed by atoms with Crippen molar-refractivity contribution in [3.05, 3.63) is 30.4 Å². The molecule has 0 atom stereocenters. The lowest BCUT2D eigenvalue weighted by atomic mass is 10.3. The Morgan fingerprint density at radius 1 is 1.39 bits per heavy atom. The summed E-state index contributed by atoms with van der Waals surface area (Å²) >= 11 is 0. The lowest BCUT2D eigenvalue weighted by molar-refractivity contribution is 0.0594. The van der Waals surface area contributed by atoms with Crippen LogP contribution in [0.15, 0.2) is 24.7 Å². The molecule has 0 aliphatic rings. The van der Waals surface area contributed by atoms with Crippen LogP contribution in [0.4, 0.5) is 5.82 Å². The number of hydrogen-bond acceptors (Lipinski definition) is 6. The van der Waals surface area contributed by atoms with Gasteiger partial charge in [0.25, 0.3) is 0 Å². The molecule has 0 bridgehead atoms. The van der Waals surface area contributed by atoms with Crippen molar-refractivity contribution in [1.82, 2.24) is 19.4 Å². The van der Waals surface area contributed by atoms with Gasteiger partial charge in [0.2, 0.25) is 0 Å². The summed E-state index contributed by atoms with van der Waals surface area (Å²) in [5.74, 6) is -0.130. The van der Waals surface area contributed by atoms with Gasteiger partial charge in [-0.25, -0.2) is 19.7 Å². The number of carbonyl (C=O) groups is 1. The minimum Gasteiger partial charge on any atom is -0.464 e. The zero-order valence-corrected chi connectivity index (χ0v) is 9.49. The van der Waals surface area contributed by atoms with Crippen molar-refractivity contribution in [3.63, 3.8) is 0 Å². The van der Waals surface area contributed by atoms with E-state index < -0.39 is 5.97 Å². The maximum absolute atomic E-state index is 11.4. The van der Waals surface area contributed by atoms with Gasteiger partial charge in [0.1, 0.15) is 23.2 Å². The number of fused-ring (bicyclic) bond motifs is 3. The third-order valence-electron chi connectivity index (χ3n) is 2.62. The molecule has 3 heterocycles. The summed E-state index contributed by atoms with van der Waals surface area (Å²) in [6.45, 7) is 0. The fraction of sp³-hybridized carbons (Fsp3) is 0.0909. The summed E-state index contributed by atoms with van der Waals surface area (Å²) in [6, 6.07) is 3.22. The van der Waals surface area contributed by atoms with Gasteiger partial charge >= 0.3 is 5.97 Å². The number of esters is 1. The maximum atomic E-state index is 11.4. The number of rotatable bonds is 1. The lowest BCUT2D eigenvalue weighted by Gasteiger charge is -2.05. The van der Waals surface area contributed by atoms with Crippen LogP contribution in [0.2, 0.25) is 0 Å². The molecule has 0 aliphatic heterocycles. The highest BCUT2D eigenvalue weighted by atomic mass is 16.5. The Balaban J connectivity index is 2.38. The smallest absolute Gasteiger partial charge is 0.356 e. The highest BCUT2D eigenvalue weighted by Crippen LogP contribution is 2.18. The van der Waals surface area contributed by atoms with Crippen LogP contribution in [-0.2, 0) is 4.74 Å². The third-order valence-corrected chi connectivity index (χ3v) is 2.62. The zero-order chi connectivity index (χ0) is 12.7. The number of nitrogens with zero attached hydrogens (tertiary/aromatic N) is 4. The van der Waals surface area contributed by atoms with Crippen molar-refractivity contribution < 1.29 is 9.53 Å². The average Bonchev–Trinajstić information content (AvgIpc) is 2.88. The summed E-state index contributed by atoms with van der Waals surface area (Å²) in [6.07, 6.45) is 3.16. The Kier molecular flexibility index (Phi) is 2.12. The number of ether oxygens (including phenoxy) is 1. The molecule has 0 aromatic carbocycles. The van der Waals surface area contributed by atoms with Crippen LogP contribution in [0.5, 0.6) is 0 Å². The number of aromatic nitrogens is 4. The molecule has 7 heteroatoms. The summed E-state index contributed by atoms with van der Waals surface area (Å²) in [7, 11) is 1.31. The van der Waals surface area contributed by atoms with Gasteiger partial charge in [-0.3, -0.25) is 4.40 Å². The maximum Gasteiger partial charge on any atom is 0.356 e. The summed E-state index contributed by atoms with van der Waals surface area (Å²) < 4.78 is 6.32. The van der Waals surface area contributed by atoms with E-state index in [4.69, 9.17) is 5.73 Å². The topological polar surface area (TPSA) is 95.4 Å². The first kappa shape index (κ1) is 10.5. The van der Waals surface area contributed by atoms with Gasteiger partial charge in [-0.2, -0.15) is 0 Å². The van der Waals surface area contributed by atoms with E-state index >= 15 is 0 Å². The molecule has 90 valence electrons. The van der Waals surface area contributed by atoms with Gasteiger partial charge in [-0.05, 0) is 12.1 Å². The number of pyridine rings is 1. The average molecular weight is 243 g/mol. The van der Waals surface area contributed by atoms with Crippen LogP contribution in [-0.4, -0.2) is 32.4 Å². The van der Waals surface area contributed by atoms with Crippen molar-refractivity contribution in [1.29, 1.82) is 0 Å². The highest BCUT2D eigenvalue weighted by Gasteiger charge is 2.12. The minimum atomic E-state index is -0.498. The molecule has 3 aromatic heterocycles. The van der Waals surface area contributed by atoms with Gasteiger partial charge in [0, 0.05) is 0 Å². The molecule has 7 nitrogen and oxygen atoms in total. The number of imidazole rings is 1. The van der Waals surface area contributed by atoms with Crippen molar-refractivity contribution >= 4 is 28.5 Å². The van der Waals surface area contributed by atoms with Crippen LogP contribution in [0.1, 0.15) is 10.5 Å². The third kappa shape index (κ3) is 1.37. The molecule has 0 radical (unpaired) electrons. The first-order valence-electron chi connectivity index (χ1n) is 5.17. The van der Waals surface area contributed by atoms with Crippen molar-refractivity contribution in [2.45, 2.75) is 0 Å². The molecule has 0 spiro atoms. The fourth-order valence-electron chi connectivity index (χ4n) is 1.76. The van der Waals surface area contributed by atoms with Crippen LogP contribution < -0.4 is 5.73 Å². The molecule has 18 heavy (non-hydrogen) atoms. The highest BCUT2D eigenvalue weighted by molar-refractivity contribution is 5.90. The molecule has 3 aromatic rings. The lowest BCUT2D eigenvalue weighted by Crippen LogP contribution is -2.06. The summed E-state index contributed by atoms with van der Waals surface area (Å²) in [4.78, 5) is 23.9. The van der Waals surface area contributed by atoms with Crippen molar-refractivity contribution in [2.24, 2.45) is 0 Å². The standard InChI is InChI=1S/C11H9N5O2/c1-18-11(17)7-3-2-6-10(15-7)16-5-13-4-8(16)9(12)14-6/h2-5H,1H3,(H2,12,14). The number of hydrogen-bond donors (Lipinski definition) is 1. The van der Waals surface area contributed by atoms with E-state index in [1.807, 2.05) is 0 Å². The van der Waals surface area contributed by atoms with E-state index in [9.17, 15) is 4.79 Å². The Hall–Kier alpha value is -2.70. The largest absolute Gasteiger partial charge is 0.464 e. The molecule has 0 aliphatic carbocycles. The second-order valence-corrected chi connectivity index (χ2v) is 3.68. The Morgan fingerprint density at radius 2 is 2.22 bits per heavy atom. The zero-order valence-electron chi connectivity index (χ0n) is 9.49. The molecular formula is C11H9N5O2. The van der Waals surface area contributed by atoms with E-state index in [1.165, 1.54) is 7.11 Å². The molecule has 0 fully saturated rings. The normalized spacial score (nSPS) is 10.9. The summed E-state index contributed by atoms with van der Waals surface area (Å²) in [5, 5.41) is 0. The predicted octanol–water partition coefficient (Wildman–Crippen LogP) is 0.646. The molecule has 0 saturated heterocycles. The Bertz CT molecular complexity index is 765. The first-order chi connectivity index (χ1) is 8.70. The second kappa shape index (κ2) is 3.66. The van der Waals surface area contributed by atoms with Crippen LogP contribution >= 0.6 is 0 Å². The van der Waals surface area contributed by atoms with E-state index in [1.54, 1.807) is 29.1 Å². The minimum absolute atomic E-state index is 0.214. The first-order valence-corrected chi connectivity index (χ1v) is 5.17. The molecular weight excluding hydrogens is 234 g/mol. The number of nitrogen functional groups attached to an aromatic ring is 1. The molecule has 2 N–H and O–H groups in total. The molecule has 0 unspecified atom stereocenters. The van der Waals surface area contributed by atoms with Crippen molar-refractivity contribution in [2.75, 3.05) is 12.8 Å². The fourth-order valence-corrected chi connectivity index (χ4v) is 1.76. The van der Waals surface area contributed by atoms with Gasteiger partial charge < -0.3 is 10.5 Å².